The highest BCUT2D eigenvalue weighted by Gasteiger charge is 2.45. The molecule has 1 aliphatic heterocycles. The maximum atomic E-state index is 13.2. The Kier molecular flexibility index (Phi) is 5.54. The largest absolute Gasteiger partial charge is 0.573 e. The first kappa shape index (κ1) is 21.9. The fourth-order valence-electron chi connectivity index (χ4n) is 3.42. The van der Waals surface area contributed by atoms with Crippen molar-refractivity contribution in [3.8, 4) is 5.75 Å². The Morgan fingerprint density at radius 3 is 2.27 bits per heavy atom. The van der Waals surface area contributed by atoms with Crippen molar-refractivity contribution in [1.82, 2.24) is 15.2 Å². The number of anilines is 1. The third kappa shape index (κ3) is 4.38. The van der Waals surface area contributed by atoms with E-state index in [1.807, 2.05) is 0 Å². The number of pyridine rings is 1. The Morgan fingerprint density at radius 1 is 1.03 bits per heavy atom. The molecule has 0 aliphatic carbocycles. The molecule has 3 heterocycles. The van der Waals surface area contributed by atoms with Gasteiger partial charge in [-0.15, -0.1) is 18.3 Å². The molecule has 1 aromatic carbocycles. The number of alkyl halides is 3. The van der Waals surface area contributed by atoms with Crippen LogP contribution >= 0.6 is 0 Å². The highest BCUT2D eigenvalue weighted by Crippen LogP contribution is 2.41. The molecule has 1 amide bonds. The number of benzene rings is 1. The molecule has 11 heteroatoms. The van der Waals surface area contributed by atoms with Crippen LogP contribution in [-0.4, -0.2) is 38.3 Å². The minimum absolute atomic E-state index is 0.0512. The van der Waals surface area contributed by atoms with Crippen molar-refractivity contribution in [2.24, 2.45) is 0 Å². The highest BCUT2D eigenvalue weighted by molar-refractivity contribution is 6.20. The van der Waals surface area contributed by atoms with E-state index in [2.05, 4.69) is 19.9 Å². The lowest BCUT2D eigenvalue weighted by Gasteiger charge is -2.25. The van der Waals surface area contributed by atoms with Crippen LogP contribution in [0.4, 0.5) is 19.0 Å². The maximum Gasteiger partial charge on any atom is 0.573 e. The topological polar surface area (TPSA) is 106 Å². The summed E-state index contributed by atoms with van der Waals surface area (Å²) >= 11 is 0. The van der Waals surface area contributed by atoms with Crippen LogP contribution in [0.3, 0.4) is 0 Å². The van der Waals surface area contributed by atoms with Crippen LogP contribution in [-0.2, 0) is 4.79 Å². The molecule has 0 spiro atoms. The van der Waals surface area contributed by atoms with E-state index in [4.69, 9.17) is 0 Å². The summed E-state index contributed by atoms with van der Waals surface area (Å²) in [7, 11) is 0. The Labute approximate surface area is 185 Å². The number of aliphatic hydroxyl groups is 1. The van der Waals surface area contributed by atoms with Gasteiger partial charge in [-0.2, -0.15) is 5.10 Å². The zero-order valence-electron chi connectivity index (χ0n) is 16.9. The summed E-state index contributed by atoms with van der Waals surface area (Å²) in [6, 6.07) is 9.38. The van der Waals surface area contributed by atoms with Gasteiger partial charge in [-0.3, -0.25) is 19.5 Å². The third-order valence-electron chi connectivity index (χ3n) is 4.86. The average molecular weight is 456 g/mol. The average Bonchev–Trinajstić information content (AvgIpc) is 3.04. The molecule has 2 aromatic heterocycles. The molecule has 33 heavy (non-hydrogen) atoms. The van der Waals surface area contributed by atoms with Gasteiger partial charge in [-0.25, -0.2) is 0 Å². The number of nitrogens with zero attached hydrogens (tertiary/aromatic N) is 4. The first-order chi connectivity index (χ1) is 15.7. The lowest BCUT2D eigenvalue weighted by Crippen LogP contribution is -2.32. The second-order valence-electron chi connectivity index (χ2n) is 7.05. The van der Waals surface area contributed by atoms with Gasteiger partial charge in [0.1, 0.15) is 5.75 Å². The molecule has 0 radical (unpaired) electrons. The number of amides is 1. The van der Waals surface area contributed by atoms with Crippen LogP contribution in [0.15, 0.2) is 72.3 Å². The van der Waals surface area contributed by atoms with Gasteiger partial charge in [-0.05, 0) is 48.9 Å². The number of carbonyl (C=O) groups excluding carboxylic acids is 2. The minimum Gasteiger partial charge on any atom is -0.503 e. The molecule has 0 fully saturated rings. The molecule has 0 saturated carbocycles. The number of ketones is 1. The van der Waals surface area contributed by atoms with Crippen LogP contribution in [0, 0.1) is 6.92 Å². The Morgan fingerprint density at radius 2 is 1.70 bits per heavy atom. The van der Waals surface area contributed by atoms with Gasteiger partial charge >= 0.3 is 6.36 Å². The van der Waals surface area contributed by atoms with E-state index in [1.165, 1.54) is 42.7 Å². The summed E-state index contributed by atoms with van der Waals surface area (Å²) < 4.78 is 41.5. The molecule has 1 N–H and O–H groups in total. The molecule has 8 nitrogen and oxygen atoms in total. The monoisotopic (exact) mass is 456 g/mol. The zero-order valence-corrected chi connectivity index (χ0v) is 16.9. The number of carbonyl (C=O) groups is 2. The van der Waals surface area contributed by atoms with Gasteiger partial charge < -0.3 is 9.84 Å². The molecule has 1 aliphatic rings. The van der Waals surface area contributed by atoms with Gasteiger partial charge in [-0.1, -0.05) is 12.1 Å². The zero-order chi connectivity index (χ0) is 23.8. The molecule has 1 atom stereocenters. The number of aromatic nitrogens is 3. The number of hydrogen-bond donors (Lipinski definition) is 1. The lowest BCUT2D eigenvalue weighted by atomic mass is 9.93. The highest BCUT2D eigenvalue weighted by atomic mass is 19.4. The van der Waals surface area contributed by atoms with E-state index in [1.54, 1.807) is 13.0 Å². The van der Waals surface area contributed by atoms with Crippen LogP contribution < -0.4 is 9.64 Å². The van der Waals surface area contributed by atoms with Crippen LogP contribution in [0.1, 0.15) is 27.7 Å². The van der Waals surface area contributed by atoms with Crippen molar-refractivity contribution >= 4 is 17.5 Å². The first-order valence-corrected chi connectivity index (χ1v) is 9.53. The third-order valence-corrected chi connectivity index (χ3v) is 4.86. The summed E-state index contributed by atoms with van der Waals surface area (Å²) in [5.74, 6) is -2.76. The van der Waals surface area contributed by atoms with E-state index in [0.717, 1.165) is 17.0 Å². The number of Topliss-reactive ketones (excluding diaryl/α,β-unsaturated/α-hetero) is 1. The summed E-state index contributed by atoms with van der Waals surface area (Å²) in [6.07, 6.45) is -2.12. The smallest absolute Gasteiger partial charge is 0.503 e. The molecule has 0 saturated heterocycles. The summed E-state index contributed by atoms with van der Waals surface area (Å²) in [6.45, 7) is 1.69. The predicted octanol–water partition coefficient (Wildman–Crippen LogP) is 3.86. The van der Waals surface area contributed by atoms with Crippen molar-refractivity contribution in [2.75, 3.05) is 4.90 Å². The molecule has 3 aromatic rings. The second-order valence-corrected chi connectivity index (χ2v) is 7.05. The quantitative estimate of drug-likeness (QED) is 0.581. The number of aliphatic hydroxyl groups excluding tert-OH is 1. The second kappa shape index (κ2) is 8.34. The number of ether oxygens (including phenoxy) is 1. The minimum atomic E-state index is -4.88. The number of halogens is 3. The fraction of sp³-hybridized carbons (Fsp3) is 0.136. The van der Waals surface area contributed by atoms with E-state index in [0.29, 0.717) is 5.69 Å². The Hall–Kier alpha value is -4.28. The fourth-order valence-corrected chi connectivity index (χ4v) is 3.42. The van der Waals surface area contributed by atoms with Crippen LogP contribution in [0.2, 0.25) is 0 Å². The summed E-state index contributed by atoms with van der Waals surface area (Å²) in [5, 5.41) is 18.5. The molecule has 4 rings (SSSR count). The summed E-state index contributed by atoms with van der Waals surface area (Å²) in [5.41, 5.74) is 0.735. The van der Waals surface area contributed by atoms with Gasteiger partial charge in [0.05, 0.1) is 17.3 Å². The van der Waals surface area contributed by atoms with Crippen molar-refractivity contribution in [1.29, 1.82) is 0 Å². The Balaban J connectivity index is 1.81. The predicted molar refractivity (Wildman–Crippen MR) is 108 cm³/mol. The maximum absolute atomic E-state index is 13.2. The molecule has 1 unspecified atom stereocenters. The van der Waals surface area contributed by atoms with E-state index >= 15 is 0 Å². The molecular weight excluding hydrogens is 441 g/mol. The SMILES string of the molecule is Cc1ccc(N2C(=O)C(O)=C(C(=O)c3ccncc3)C2c2ccc(OC(F)(F)F)cc2)nn1. The van der Waals surface area contributed by atoms with E-state index in [-0.39, 0.29) is 22.5 Å². The lowest BCUT2D eigenvalue weighted by molar-refractivity contribution is -0.274. The van der Waals surface area contributed by atoms with Crippen molar-refractivity contribution in [3.05, 3.63) is 89.1 Å². The van der Waals surface area contributed by atoms with Gasteiger partial charge in [0.2, 0.25) is 0 Å². The van der Waals surface area contributed by atoms with Crippen LogP contribution in [0.5, 0.6) is 5.75 Å². The van der Waals surface area contributed by atoms with E-state index in [9.17, 15) is 27.9 Å². The first-order valence-electron chi connectivity index (χ1n) is 9.53. The summed E-state index contributed by atoms with van der Waals surface area (Å²) in [4.78, 5) is 31.1. The van der Waals surface area contributed by atoms with E-state index < -0.39 is 35.6 Å². The molecular formula is C22H15F3N4O4. The van der Waals surface area contributed by atoms with Gasteiger partial charge in [0, 0.05) is 18.0 Å². The van der Waals surface area contributed by atoms with Crippen molar-refractivity contribution < 1.29 is 32.6 Å². The van der Waals surface area contributed by atoms with Crippen molar-refractivity contribution in [3.63, 3.8) is 0 Å². The number of aryl methyl sites for hydroxylation is 1. The standard InChI is InChI=1S/C22H15F3N4O4/c1-12-2-7-16(28-27-12)29-18(13-3-5-15(6-4-13)33-22(23,24)25)17(20(31)21(29)32)19(30)14-8-10-26-11-9-14/h2-11,18,31H,1H3. The molecule has 0 bridgehead atoms. The Bertz CT molecular complexity index is 1230. The number of hydrogen-bond acceptors (Lipinski definition) is 7. The van der Waals surface area contributed by atoms with Gasteiger partial charge in [0.15, 0.2) is 17.4 Å². The van der Waals surface area contributed by atoms with Crippen molar-refractivity contribution in [2.45, 2.75) is 19.3 Å². The van der Waals surface area contributed by atoms with Gasteiger partial charge in [0.25, 0.3) is 5.91 Å². The molecule has 168 valence electrons. The van der Waals surface area contributed by atoms with Crippen LogP contribution in [0.25, 0.3) is 0 Å². The number of rotatable bonds is 5. The normalized spacial score (nSPS) is 16.3.